The first-order valence-electron chi connectivity index (χ1n) is 6.35. The van der Waals surface area contributed by atoms with Crippen LogP contribution < -0.4 is 5.32 Å². The van der Waals surface area contributed by atoms with Crippen molar-refractivity contribution in [3.05, 3.63) is 0 Å². The molecule has 1 saturated heterocycles. The van der Waals surface area contributed by atoms with Crippen molar-refractivity contribution in [2.75, 3.05) is 6.61 Å². The molecule has 1 rings (SSSR count). The fourth-order valence-corrected chi connectivity index (χ4v) is 2.72. The Morgan fingerprint density at radius 2 is 1.56 bits per heavy atom. The lowest BCUT2D eigenvalue weighted by Gasteiger charge is -2.36. The topological polar surface area (TPSA) is 31.2 Å². The molecular formula is C13H29NOSi. The van der Waals surface area contributed by atoms with Crippen molar-refractivity contribution in [2.45, 2.75) is 71.8 Å². The molecule has 3 heteroatoms. The third-order valence-electron chi connectivity index (χ3n) is 4.05. The number of hydrogen-bond acceptors (Lipinski definition) is 2. The van der Waals surface area contributed by atoms with Crippen LogP contribution in [-0.2, 0) is 4.43 Å². The fourth-order valence-electron chi connectivity index (χ4n) is 1.69. The molecule has 0 saturated carbocycles. The van der Waals surface area contributed by atoms with Crippen LogP contribution in [0, 0.1) is 5.41 Å². The molecule has 1 aliphatic heterocycles. The number of hydrogen-bond donors (Lipinski definition) is 1. The minimum atomic E-state index is -1.56. The molecule has 1 aliphatic rings. The van der Waals surface area contributed by atoms with Crippen LogP contribution in [0.2, 0.25) is 18.1 Å². The summed E-state index contributed by atoms with van der Waals surface area (Å²) in [4.78, 5) is 0. The molecule has 0 unspecified atom stereocenters. The molecule has 16 heavy (non-hydrogen) atoms. The van der Waals surface area contributed by atoms with Gasteiger partial charge in [-0.3, -0.25) is 0 Å². The summed E-state index contributed by atoms with van der Waals surface area (Å²) < 4.78 is 6.22. The van der Waals surface area contributed by atoms with Crippen LogP contribution in [0.15, 0.2) is 0 Å². The van der Waals surface area contributed by atoms with Gasteiger partial charge in [0, 0.05) is 12.1 Å². The largest absolute Gasteiger partial charge is 0.415 e. The van der Waals surface area contributed by atoms with E-state index in [2.05, 4.69) is 60.0 Å². The summed E-state index contributed by atoms with van der Waals surface area (Å²) >= 11 is 0. The smallest absolute Gasteiger partial charge is 0.192 e. The Hall–Kier alpha value is 0.137. The Bertz CT molecular complexity index is 250. The fraction of sp³-hybridized carbons (Fsp3) is 1.00. The lowest BCUT2D eigenvalue weighted by molar-refractivity contribution is 0.277. The highest BCUT2D eigenvalue weighted by molar-refractivity contribution is 6.74. The second kappa shape index (κ2) is 4.11. The number of nitrogens with one attached hydrogen (secondary N) is 1. The maximum atomic E-state index is 6.22. The zero-order valence-electron chi connectivity index (χ0n) is 12.3. The molecule has 0 aromatic carbocycles. The van der Waals surface area contributed by atoms with Gasteiger partial charge in [0.1, 0.15) is 0 Å². The normalized spacial score (nSPS) is 27.0. The van der Waals surface area contributed by atoms with Crippen LogP contribution in [0.4, 0.5) is 0 Å². The van der Waals surface area contributed by atoms with Crippen LogP contribution in [0.3, 0.4) is 0 Å². The van der Waals surface area contributed by atoms with Gasteiger partial charge in [-0.05, 0) is 23.5 Å². The third-order valence-corrected chi connectivity index (χ3v) is 8.55. The van der Waals surface area contributed by atoms with Gasteiger partial charge in [-0.1, -0.05) is 41.5 Å². The Morgan fingerprint density at radius 1 is 1.06 bits per heavy atom. The van der Waals surface area contributed by atoms with E-state index in [0.717, 1.165) is 6.61 Å². The minimum absolute atomic E-state index is 0.319. The summed E-state index contributed by atoms with van der Waals surface area (Å²) in [7, 11) is -1.56. The molecular weight excluding hydrogens is 214 g/mol. The second-order valence-electron chi connectivity index (χ2n) is 7.69. The van der Waals surface area contributed by atoms with Crippen molar-refractivity contribution >= 4 is 8.32 Å². The van der Waals surface area contributed by atoms with Crippen molar-refractivity contribution in [3.8, 4) is 0 Å². The lowest BCUT2D eigenvalue weighted by Crippen LogP contribution is -2.42. The van der Waals surface area contributed by atoms with Gasteiger partial charge in [0.2, 0.25) is 0 Å². The van der Waals surface area contributed by atoms with Crippen LogP contribution >= 0.6 is 0 Å². The van der Waals surface area contributed by atoms with Gasteiger partial charge >= 0.3 is 0 Å². The van der Waals surface area contributed by atoms with Crippen molar-refractivity contribution in [3.63, 3.8) is 0 Å². The summed E-state index contributed by atoms with van der Waals surface area (Å²) in [6, 6.07) is 1.21. The molecule has 0 spiro atoms. The van der Waals surface area contributed by atoms with Gasteiger partial charge in [-0.2, -0.15) is 0 Å². The van der Waals surface area contributed by atoms with E-state index in [1.165, 1.54) is 0 Å². The van der Waals surface area contributed by atoms with Crippen molar-refractivity contribution < 1.29 is 4.43 Å². The highest BCUT2D eigenvalue weighted by Crippen LogP contribution is 2.38. The Balaban J connectivity index is 2.39. The van der Waals surface area contributed by atoms with Gasteiger partial charge in [-0.15, -0.1) is 0 Å². The summed E-state index contributed by atoms with van der Waals surface area (Å²) in [5.41, 5.74) is 0.363. The predicted octanol–water partition coefficient (Wildman–Crippen LogP) is 3.39. The monoisotopic (exact) mass is 243 g/mol. The summed E-state index contributed by atoms with van der Waals surface area (Å²) in [5.74, 6) is 0. The minimum Gasteiger partial charge on any atom is -0.415 e. The maximum Gasteiger partial charge on any atom is 0.192 e. The van der Waals surface area contributed by atoms with Crippen LogP contribution in [0.25, 0.3) is 0 Å². The lowest BCUT2D eigenvalue weighted by atomic mass is 9.90. The molecule has 0 aromatic rings. The van der Waals surface area contributed by atoms with Crippen molar-refractivity contribution in [1.82, 2.24) is 5.32 Å². The average Bonchev–Trinajstić information content (AvgIpc) is 2.75. The van der Waals surface area contributed by atoms with E-state index in [4.69, 9.17) is 4.43 Å². The molecule has 96 valence electrons. The zero-order chi connectivity index (χ0) is 12.8. The summed E-state index contributed by atoms with van der Waals surface area (Å²) in [6.07, 6.45) is 0. The van der Waals surface area contributed by atoms with Crippen molar-refractivity contribution in [2.24, 2.45) is 5.41 Å². The molecule has 2 nitrogen and oxygen atoms in total. The highest BCUT2D eigenvalue weighted by Gasteiger charge is 2.46. The number of rotatable bonds is 3. The summed E-state index contributed by atoms with van der Waals surface area (Å²) in [5, 5.41) is 3.85. The van der Waals surface area contributed by atoms with Gasteiger partial charge < -0.3 is 9.74 Å². The Kier molecular flexibility index (Phi) is 3.65. The molecule has 0 aliphatic carbocycles. The molecule has 0 bridgehead atoms. The molecule has 1 fully saturated rings. The van der Waals surface area contributed by atoms with Crippen LogP contribution in [0.1, 0.15) is 41.5 Å². The van der Waals surface area contributed by atoms with Crippen LogP contribution in [0.5, 0.6) is 0 Å². The van der Waals surface area contributed by atoms with Crippen LogP contribution in [-0.4, -0.2) is 27.0 Å². The standard InChI is InChI=1S/C13H29NOSi/c1-12(2,3)11-10(14-11)9-15-16(7,8)13(4,5)6/h10-11,14H,9H2,1-8H3/t10-,11+/m1/s1. The Labute approximate surface area is 102 Å². The first-order chi connectivity index (χ1) is 6.95. The predicted molar refractivity (Wildman–Crippen MR) is 73.3 cm³/mol. The third kappa shape index (κ3) is 3.31. The SMILES string of the molecule is CC(C)(C)[C@H]1N[C@@H]1CO[Si](C)(C)C(C)(C)C. The molecule has 0 aromatic heterocycles. The van der Waals surface area contributed by atoms with E-state index >= 15 is 0 Å². The highest BCUT2D eigenvalue weighted by atomic mass is 28.4. The van der Waals surface area contributed by atoms with Crippen molar-refractivity contribution in [1.29, 1.82) is 0 Å². The van der Waals surface area contributed by atoms with E-state index in [-0.39, 0.29) is 0 Å². The molecule has 2 atom stereocenters. The zero-order valence-corrected chi connectivity index (χ0v) is 13.3. The van der Waals surface area contributed by atoms with Gasteiger partial charge in [0.05, 0.1) is 6.61 Å². The molecule has 0 amide bonds. The quantitative estimate of drug-likeness (QED) is 0.608. The molecule has 1 heterocycles. The molecule has 0 radical (unpaired) electrons. The van der Waals surface area contributed by atoms with E-state index < -0.39 is 8.32 Å². The first-order valence-corrected chi connectivity index (χ1v) is 9.26. The summed E-state index contributed by atoms with van der Waals surface area (Å²) in [6.45, 7) is 19.3. The first kappa shape index (κ1) is 14.2. The van der Waals surface area contributed by atoms with E-state index in [9.17, 15) is 0 Å². The van der Waals surface area contributed by atoms with Gasteiger partial charge in [0.25, 0.3) is 0 Å². The molecule has 1 N–H and O–H groups in total. The maximum absolute atomic E-state index is 6.22. The average molecular weight is 243 g/mol. The second-order valence-corrected chi connectivity index (χ2v) is 12.5. The van der Waals surface area contributed by atoms with E-state index in [0.29, 0.717) is 22.5 Å². The Morgan fingerprint density at radius 3 is 1.88 bits per heavy atom. The van der Waals surface area contributed by atoms with E-state index in [1.54, 1.807) is 0 Å². The van der Waals surface area contributed by atoms with Gasteiger partial charge in [-0.25, -0.2) is 0 Å². The van der Waals surface area contributed by atoms with Gasteiger partial charge in [0.15, 0.2) is 8.32 Å². The van der Waals surface area contributed by atoms with E-state index in [1.807, 2.05) is 0 Å².